The maximum Gasteiger partial charge on any atom is 0.237 e. The number of fused-ring (bicyclic) bond motifs is 1. The second-order valence-corrected chi connectivity index (χ2v) is 7.81. The van der Waals surface area contributed by atoms with Gasteiger partial charge in [-0.1, -0.05) is 30.0 Å². The average molecular weight is 420 g/mol. The molecule has 1 unspecified atom stereocenters. The Bertz CT molecular complexity index is 1200. The Hall–Kier alpha value is -3.59. The van der Waals surface area contributed by atoms with Gasteiger partial charge in [-0.2, -0.15) is 0 Å². The number of amides is 1. The van der Waals surface area contributed by atoms with Crippen LogP contribution in [0.25, 0.3) is 22.3 Å². The maximum absolute atomic E-state index is 12.8. The zero-order valence-corrected chi connectivity index (χ0v) is 17.3. The molecule has 0 aliphatic carbocycles. The standard InChI is InChI=1S/C21H20N6O2S/c1-13(20(28)24-17-10-5-9-16-14(17)8-6-12-23-16)30-21-26-25-19(27(21)22)15-7-3-4-11-18(15)29-2/h3-13H,22H2,1-2H3,(H,24,28). The van der Waals surface area contributed by atoms with Gasteiger partial charge in [0.05, 0.1) is 29.1 Å². The molecule has 0 aliphatic rings. The molecule has 8 nitrogen and oxygen atoms in total. The summed E-state index contributed by atoms with van der Waals surface area (Å²) in [6.07, 6.45) is 1.72. The number of nitrogen functional groups attached to an aromatic ring is 1. The third kappa shape index (κ3) is 3.79. The quantitative estimate of drug-likeness (QED) is 0.364. The van der Waals surface area contributed by atoms with Gasteiger partial charge in [-0.25, -0.2) is 4.68 Å². The molecule has 0 saturated carbocycles. The molecular formula is C21H20N6O2S. The fourth-order valence-corrected chi connectivity index (χ4v) is 3.80. The number of hydrogen-bond donors (Lipinski definition) is 2. The van der Waals surface area contributed by atoms with Crippen molar-refractivity contribution in [1.82, 2.24) is 19.9 Å². The summed E-state index contributed by atoms with van der Waals surface area (Å²) in [5, 5.41) is 12.2. The van der Waals surface area contributed by atoms with Gasteiger partial charge in [0.15, 0.2) is 5.82 Å². The number of ether oxygens (including phenoxy) is 1. The van der Waals surface area contributed by atoms with Crippen molar-refractivity contribution >= 4 is 34.3 Å². The third-order valence-corrected chi connectivity index (χ3v) is 5.62. The molecule has 2 heterocycles. The van der Waals surface area contributed by atoms with Crippen LogP contribution in [0.1, 0.15) is 6.92 Å². The molecule has 0 spiro atoms. The van der Waals surface area contributed by atoms with Crippen LogP contribution in [0, 0.1) is 0 Å². The molecule has 4 aromatic rings. The third-order valence-electron chi connectivity index (χ3n) is 4.57. The number of hydrogen-bond acceptors (Lipinski definition) is 7. The van der Waals surface area contributed by atoms with Gasteiger partial charge in [-0.15, -0.1) is 10.2 Å². The van der Waals surface area contributed by atoms with E-state index in [0.29, 0.717) is 22.4 Å². The predicted octanol–water partition coefficient (Wildman–Crippen LogP) is 3.33. The van der Waals surface area contributed by atoms with Crippen molar-refractivity contribution in [3.8, 4) is 17.1 Å². The van der Waals surface area contributed by atoms with E-state index in [-0.39, 0.29) is 5.91 Å². The molecule has 4 rings (SSSR count). The Balaban J connectivity index is 1.52. The van der Waals surface area contributed by atoms with Gasteiger partial charge in [0.1, 0.15) is 5.75 Å². The molecule has 3 N–H and O–H groups in total. The van der Waals surface area contributed by atoms with Crippen molar-refractivity contribution in [3.05, 3.63) is 60.8 Å². The number of para-hydroxylation sites is 1. The first-order valence-electron chi connectivity index (χ1n) is 9.23. The molecular weight excluding hydrogens is 400 g/mol. The minimum atomic E-state index is -0.450. The molecule has 0 aliphatic heterocycles. The number of pyridine rings is 1. The number of anilines is 1. The van der Waals surface area contributed by atoms with E-state index in [0.717, 1.165) is 16.5 Å². The SMILES string of the molecule is COc1ccccc1-c1nnc(SC(C)C(=O)Nc2cccc3ncccc23)n1N. The topological polar surface area (TPSA) is 108 Å². The highest BCUT2D eigenvalue weighted by Crippen LogP contribution is 2.31. The van der Waals surface area contributed by atoms with Crippen LogP contribution in [-0.4, -0.2) is 38.1 Å². The molecule has 9 heteroatoms. The Kier molecular flexibility index (Phi) is 5.53. The lowest BCUT2D eigenvalue weighted by atomic mass is 10.2. The number of nitrogens with two attached hydrogens (primary N) is 1. The number of carbonyl (C=O) groups is 1. The Morgan fingerprint density at radius 1 is 1.13 bits per heavy atom. The van der Waals surface area contributed by atoms with Crippen LogP contribution in [0.5, 0.6) is 5.75 Å². The van der Waals surface area contributed by atoms with Crippen LogP contribution >= 0.6 is 11.8 Å². The molecule has 0 radical (unpaired) electrons. The summed E-state index contributed by atoms with van der Waals surface area (Å²) in [5.74, 6) is 7.14. The lowest BCUT2D eigenvalue weighted by molar-refractivity contribution is -0.115. The van der Waals surface area contributed by atoms with Crippen molar-refractivity contribution in [2.24, 2.45) is 0 Å². The van der Waals surface area contributed by atoms with Gasteiger partial charge in [0, 0.05) is 11.6 Å². The Labute approximate surface area is 177 Å². The first kappa shape index (κ1) is 19.7. The Morgan fingerprint density at radius 3 is 2.80 bits per heavy atom. The monoisotopic (exact) mass is 420 g/mol. The van der Waals surface area contributed by atoms with E-state index < -0.39 is 5.25 Å². The number of nitrogens with one attached hydrogen (secondary N) is 1. The summed E-state index contributed by atoms with van der Waals surface area (Å²) in [5.41, 5.74) is 2.25. The smallest absolute Gasteiger partial charge is 0.237 e. The summed E-state index contributed by atoms with van der Waals surface area (Å²) >= 11 is 1.23. The molecule has 30 heavy (non-hydrogen) atoms. The van der Waals surface area contributed by atoms with Gasteiger partial charge in [-0.3, -0.25) is 9.78 Å². The van der Waals surface area contributed by atoms with Crippen molar-refractivity contribution in [2.45, 2.75) is 17.3 Å². The minimum absolute atomic E-state index is 0.168. The fourth-order valence-electron chi connectivity index (χ4n) is 3.03. The molecule has 1 atom stereocenters. The summed E-state index contributed by atoms with van der Waals surface area (Å²) in [6, 6.07) is 16.8. The van der Waals surface area contributed by atoms with Crippen molar-refractivity contribution in [3.63, 3.8) is 0 Å². The summed E-state index contributed by atoms with van der Waals surface area (Å²) in [7, 11) is 1.58. The normalized spacial score (nSPS) is 11.9. The Morgan fingerprint density at radius 2 is 1.97 bits per heavy atom. The highest BCUT2D eigenvalue weighted by Gasteiger charge is 2.21. The lowest BCUT2D eigenvalue weighted by Crippen LogP contribution is -2.23. The van der Waals surface area contributed by atoms with E-state index in [1.54, 1.807) is 20.2 Å². The first-order valence-corrected chi connectivity index (χ1v) is 10.1. The fraction of sp³-hybridized carbons (Fsp3) is 0.143. The predicted molar refractivity (Wildman–Crippen MR) is 118 cm³/mol. The lowest BCUT2D eigenvalue weighted by Gasteiger charge is -2.13. The van der Waals surface area contributed by atoms with Gasteiger partial charge in [0.2, 0.25) is 11.1 Å². The van der Waals surface area contributed by atoms with Crippen LogP contribution < -0.4 is 15.9 Å². The van der Waals surface area contributed by atoms with Crippen LogP contribution in [-0.2, 0) is 4.79 Å². The maximum atomic E-state index is 12.8. The number of thioether (sulfide) groups is 1. The van der Waals surface area contributed by atoms with E-state index in [9.17, 15) is 4.79 Å². The van der Waals surface area contributed by atoms with E-state index >= 15 is 0 Å². The van der Waals surface area contributed by atoms with Crippen LogP contribution in [0.4, 0.5) is 5.69 Å². The van der Waals surface area contributed by atoms with Gasteiger partial charge in [0.25, 0.3) is 0 Å². The number of rotatable bonds is 6. The number of benzene rings is 2. The van der Waals surface area contributed by atoms with E-state index in [2.05, 4.69) is 20.5 Å². The second kappa shape index (κ2) is 8.42. The molecule has 2 aromatic heterocycles. The van der Waals surface area contributed by atoms with Crippen molar-refractivity contribution in [2.75, 3.05) is 18.3 Å². The van der Waals surface area contributed by atoms with Gasteiger partial charge in [-0.05, 0) is 43.3 Å². The largest absolute Gasteiger partial charge is 0.496 e. The number of carbonyl (C=O) groups excluding carboxylic acids is 1. The molecule has 0 bridgehead atoms. The molecule has 1 amide bonds. The van der Waals surface area contributed by atoms with Gasteiger partial charge >= 0.3 is 0 Å². The number of methoxy groups -OCH3 is 1. The average Bonchev–Trinajstić information content (AvgIpc) is 3.13. The zero-order valence-electron chi connectivity index (χ0n) is 16.4. The van der Waals surface area contributed by atoms with Crippen molar-refractivity contribution in [1.29, 1.82) is 0 Å². The van der Waals surface area contributed by atoms with Gasteiger partial charge < -0.3 is 15.9 Å². The highest BCUT2D eigenvalue weighted by atomic mass is 32.2. The van der Waals surface area contributed by atoms with Crippen LogP contribution in [0.15, 0.2) is 66.0 Å². The number of nitrogens with zero attached hydrogens (tertiary/aromatic N) is 4. The zero-order chi connectivity index (χ0) is 21.1. The molecule has 2 aromatic carbocycles. The van der Waals surface area contributed by atoms with Crippen molar-refractivity contribution < 1.29 is 9.53 Å². The highest BCUT2D eigenvalue weighted by molar-refractivity contribution is 8.00. The second-order valence-electron chi connectivity index (χ2n) is 6.50. The molecule has 0 fully saturated rings. The molecule has 152 valence electrons. The molecule has 0 saturated heterocycles. The summed E-state index contributed by atoms with van der Waals surface area (Å²) in [6.45, 7) is 1.79. The van der Waals surface area contributed by atoms with E-state index in [1.807, 2.05) is 54.6 Å². The number of aromatic nitrogens is 4. The van der Waals surface area contributed by atoms with Crippen LogP contribution in [0.3, 0.4) is 0 Å². The first-order chi connectivity index (χ1) is 14.6. The summed E-state index contributed by atoms with van der Waals surface area (Å²) < 4.78 is 6.74. The summed E-state index contributed by atoms with van der Waals surface area (Å²) in [4.78, 5) is 17.1. The van der Waals surface area contributed by atoms with E-state index in [4.69, 9.17) is 10.6 Å². The van der Waals surface area contributed by atoms with E-state index in [1.165, 1.54) is 16.4 Å². The van der Waals surface area contributed by atoms with Crippen LogP contribution in [0.2, 0.25) is 0 Å². The minimum Gasteiger partial charge on any atom is -0.496 e.